The van der Waals surface area contributed by atoms with E-state index in [4.69, 9.17) is 4.42 Å². The summed E-state index contributed by atoms with van der Waals surface area (Å²) in [6.45, 7) is 5.65. The van der Waals surface area contributed by atoms with E-state index in [-0.39, 0.29) is 0 Å². The smallest absolute Gasteiger partial charge is 0.330 e. The Bertz CT molecular complexity index is 682. The number of hydrogen-bond acceptors (Lipinski definition) is 3. The predicted molar refractivity (Wildman–Crippen MR) is 81.8 cm³/mol. The highest BCUT2D eigenvalue weighted by Gasteiger charge is 2.24. The summed E-state index contributed by atoms with van der Waals surface area (Å²) in [6, 6.07) is 5.94. The van der Waals surface area contributed by atoms with Crippen molar-refractivity contribution in [3.63, 3.8) is 0 Å². The van der Waals surface area contributed by atoms with E-state index in [0.717, 1.165) is 11.1 Å². The van der Waals surface area contributed by atoms with E-state index in [2.05, 4.69) is 5.32 Å². The SMILES string of the molecule is CCc1occc1C(=O)NC(C(=O)O)c1cc(C)cc(C)c1. The van der Waals surface area contributed by atoms with Gasteiger partial charge in [-0.2, -0.15) is 0 Å². The average Bonchev–Trinajstić information content (AvgIpc) is 2.91. The first kappa shape index (κ1) is 15.8. The molecule has 2 rings (SSSR count). The number of carbonyl (C=O) groups excluding carboxylic acids is 1. The van der Waals surface area contributed by atoms with Gasteiger partial charge >= 0.3 is 5.97 Å². The molecule has 0 saturated heterocycles. The van der Waals surface area contributed by atoms with Crippen LogP contribution in [0.1, 0.15) is 45.8 Å². The van der Waals surface area contributed by atoms with Gasteiger partial charge in [-0.15, -0.1) is 0 Å². The van der Waals surface area contributed by atoms with Gasteiger partial charge in [0.1, 0.15) is 5.76 Å². The maximum absolute atomic E-state index is 12.3. The van der Waals surface area contributed by atoms with Crippen molar-refractivity contribution in [3.05, 3.63) is 58.5 Å². The number of hydrogen-bond donors (Lipinski definition) is 2. The molecule has 1 atom stereocenters. The van der Waals surface area contributed by atoms with Crippen LogP contribution in [0, 0.1) is 13.8 Å². The second-order valence-corrected chi connectivity index (χ2v) is 5.28. The van der Waals surface area contributed by atoms with Crippen molar-refractivity contribution in [3.8, 4) is 0 Å². The molecule has 0 radical (unpaired) electrons. The van der Waals surface area contributed by atoms with Crippen LogP contribution < -0.4 is 5.32 Å². The molecular weight excluding hydrogens is 282 g/mol. The molecule has 0 aliphatic heterocycles. The minimum atomic E-state index is -1.10. The Labute approximate surface area is 129 Å². The number of amides is 1. The third kappa shape index (κ3) is 3.36. The second-order valence-electron chi connectivity index (χ2n) is 5.28. The molecule has 5 nitrogen and oxygen atoms in total. The molecule has 2 aromatic rings. The molecule has 0 saturated carbocycles. The first-order chi connectivity index (χ1) is 10.4. The van der Waals surface area contributed by atoms with Crippen LogP contribution in [-0.4, -0.2) is 17.0 Å². The van der Waals surface area contributed by atoms with E-state index >= 15 is 0 Å². The van der Waals surface area contributed by atoms with Crippen LogP contribution in [0.15, 0.2) is 34.9 Å². The van der Waals surface area contributed by atoms with Crippen molar-refractivity contribution < 1.29 is 19.1 Å². The summed E-state index contributed by atoms with van der Waals surface area (Å²) in [4.78, 5) is 23.9. The van der Waals surface area contributed by atoms with E-state index in [9.17, 15) is 14.7 Å². The van der Waals surface area contributed by atoms with Crippen molar-refractivity contribution in [2.24, 2.45) is 0 Å². The Morgan fingerprint density at radius 1 is 1.23 bits per heavy atom. The van der Waals surface area contributed by atoms with Crippen LogP contribution in [0.2, 0.25) is 0 Å². The Kier molecular flexibility index (Phi) is 4.65. The van der Waals surface area contributed by atoms with Gasteiger partial charge in [-0.1, -0.05) is 36.2 Å². The summed E-state index contributed by atoms with van der Waals surface area (Å²) in [5, 5.41) is 12.0. The van der Waals surface area contributed by atoms with Crippen LogP contribution in [0.25, 0.3) is 0 Å². The zero-order chi connectivity index (χ0) is 16.3. The summed E-state index contributed by atoms with van der Waals surface area (Å²) in [6.07, 6.45) is 2.00. The summed E-state index contributed by atoms with van der Waals surface area (Å²) < 4.78 is 5.21. The standard InChI is InChI=1S/C17H19NO4/c1-4-14-13(5-6-22-14)16(19)18-15(17(20)21)12-8-10(2)7-11(3)9-12/h5-9,15H,4H2,1-3H3,(H,18,19)(H,20,21). The number of carbonyl (C=O) groups is 2. The molecule has 1 heterocycles. The first-order valence-corrected chi connectivity index (χ1v) is 7.10. The zero-order valence-corrected chi connectivity index (χ0v) is 12.8. The van der Waals surface area contributed by atoms with Gasteiger partial charge in [0, 0.05) is 6.42 Å². The molecule has 116 valence electrons. The lowest BCUT2D eigenvalue weighted by molar-refractivity contribution is -0.139. The summed E-state index contributed by atoms with van der Waals surface area (Å²) in [5.74, 6) is -1.00. The Balaban J connectivity index is 2.29. The maximum atomic E-state index is 12.3. The van der Waals surface area contributed by atoms with Gasteiger partial charge in [-0.05, 0) is 25.5 Å². The maximum Gasteiger partial charge on any atom is 0.330 e. The number of carboxylic acid groups (broad SMARTS) is 1. The van der Waals surface area contributed by atoms with Crippen molar-refractivity contribution in [2.45, 2.75) is 33.2 Å². The predicted octanol–water partition coefficient (Wildman–Crippen LogP) is 3.01. The van der Waals surface area contributed by atoms with Crippen molar-refractivity contribution in [2.75, 3.05) is 0 Å². The second kappa shape index (κ2) is 6.47. The number of aryl methyl sites for hydroxylation is 3. The minimum absolute atomic E-state index is 0.373. The van der Waals surface area contributed by atoms with Crippen molar-refractivity contribution in [1.29, 1.82) is 0 Å². The van der Waals surface area contributed by atoms with E-state index in [0.29, 0.717) is 23.3 Å². The van der Waals surface area contributed by atoms with Crippen LogP contribution in [0.3, 0.4) is 0 Å². The molecule has 1 aromatic heterocycles. The van der Waals surface area contributed by atoms with E-state index in [1.165, 1.54) is 6.26 Å². The third-order valence-electron chi connectivity index (χ3n) is 3.41. The monoisotopic (exact) mass is 301 g/mol. The van der Waals surface area contributed by atoms with Gasteiger partial charge in [0.25, 0.3) is 5.91 Å². The van der Waals surface area contributed by atoms with Crippen LogP contribution in [0.4, 0.5) is 0 Å². The van der Waals surface area contributed by atoms with Crippen LogP contribution in [-0.2, 0) is 11.2 Å². The third-order valence-corrected chi connectivity index (χ3v) is 3.41. The molecule has 1 amide bonds. The normalized spacial score (nSPS) is 12.0. The Hall–Kier alpha value is -2.56. The number of nitrogens with one attached hydrogen (secondary N) is 1. The summed E-state index contributed by atoms with van der Waals surface area (Å²) in [7, 11) is 0. The Morgan fingerprint density at radius 3 is 2.41 bits per heavy atom. The average molecular weight is 301 g/mol. The lowest BCUT2D eigenvalue weighted by atomic mass is 10.0. The van der Waals surface area contributed by atoms with Gasteiger partial charge in [0.15, 0.2) is 6.04 Å². The van der Waals surface area contributed by atoms with Gasteiger partial charge in [0.05, 0.1) is 11.8 Å². The highest BCUT2D eigenvalue weighted by Crippen LogP contribution is 2.19. The molecule has 0 fully saturated rings. The number of carboxylic acids is 1. The van der Waals surface area contributed by atoms with Gasteiger partial charge in [-0.25, -0.2) is 4.79 Å². The largest absolute Gasteiger partial charge is 0.479 e. The fraction of sp³-hybridized carbons (Fsp3) is 0.294. The van der Waals surface area contributed by atoms with E-state index in [1.807, 2.05) is 26.8 Å². The highest BCUT2D eigenvalue weighted by molar-refractivity contribution is 5.97. The molecular formula is C17H19NO4. The zero-order valence-electron chi connectivity index (χ0n) is 12.8. The molecule has 1 unspecified atom stereocenters. The summed E-state index contributed by atoms with van der Waals surface area (Å²) in [5.41, 5.74) is 2.83. The van der Waals surface area contributed by atoms with Gasteiger partial charge in [0.2, 0.25) is 0 Å². The van der Waals surface area contributed by atoms with Crippen LogP contribution in [0.5, 0.6) is 0 Å². The van der Waals surface area contributed by atoms with E-state index in [1.54, 1.807) is 18.2 Å². The first-order valence-electron chi connectivity index (χ1n) is 7.10. The molecule has 1 aromatic carbocycles. The number of aliphatic carboxylic acids is 1. The fourth-order valence-electron chi connectivity index (χ4n) is 2.49. The Morgan fingerprint density at radius 2 is 1.86 bits per heavy atom. The highest BCUT2D eigenvalue weighted by atomic mass is 16.4. The van der Waals surface area contributed by atoms with Crippen molar-refractivity contribution in [1.82, 2.24) is 5.32 Å². The molecule has 2 N–H and O–H groups in total. The summed E-state index contributed by atoms with van der Waals surface area (Å²) >= 11 is 0. The quantitative estimate of drug-likeness (QED) is 0.889. The molecule has 22 heavy (non-hydrogen) atoms. The van der Waals surface area contributed by atoms with Crippen LogP contribution >= 0.6 is 0 Å². The molecule has 0 bridgehead atoms. The molecule has 5 heteroatoms. The number of rotatable bonds is 5. The number of benzene rings is 1. The lowest BCUT2D eigenvalue weighted by Crippen LogP contribution is -2.34. The topological polar surface area (TPSA) is 79.5 Å². The van der Waals surface area contributed by atoms with Crippen molar-refractivity contribution >= 4 is 11.9 Å². The number of furan rings is 1. The lowest BCUT2D eigenvalue weighted by Gasteiger charge is -2.16. The molecule has 0 spiro atoms. The van der Waals surface area contributed by atoms with Gasteiger partial charge in [-0.3, -0.25) is 4.79 Å². The minimum Gasteiger partial charge on any atom is -0.479 e. The fourth-order valence-corrected chi connectivity index (χ4v) is 2.49. The molecule has 0 aliphatic rings. The van der Waals surface area contributed by atoms with E-state index < -0.39 is 17.9 Å². The molecule has 0 aliphatic carbocycles. The van der Waals surface area contributed by atoms with Gasteiger partial charge < -0.3 is 14.8 Å².